The average Bonchev–Trinajstić information content (AvgIpc) is 2.56. The second kappa shape index (κ2) is 7.91. The number of benzene rings is 2. The standard InChI is InChI=1S/C16H12Cl2FN3O2.ClH/c1-23-13-6-9-12(7-14(13)24-2)21-16(18)22-15(9)20-11-4-3-8(17)5-10(11)19;/h3-7H,1-2H3,(H,20,21,22);1H. The zero-order valence-electron chi connectivity index (χ0n) is 13.1. The van der Waals surface area contributed by atoms with Gasteiger partial charge in [-0.15, -0.1) is 12.4 Å². The number of nitrogens with one attached hydrogen (secondary N) is 1. The van der Waals surface area contributed by atoms with E-state index in [-0.39, 0.29) is 23.4 Å². The van der Waals surface area contributed by atoms with Crippen LogP contribution in [-0.4, -0.2) is 24.2 Å². The fourth-order valence-electron chi connectivity index (χ4n) is 2.24. The van der Waals surface area contributed by atoms with E-state index >= 15 is 0 Å². The zero-order valence-corrected chi connectivity index (χ0v) is 15.5. The van der Waals surface area contributed by atoms with E-state index in [1.807, 2.05) is 0 Å². The third-order valence-corrected chi connectivity index (χ3v) is 3.76. The Balaban J connectivity index is 0.00000225. The van der Waals surface area contributed by atoms with Gasteiger partial charge < -0.3 is 14.8 Å². The van der Waals surface area contributed by atoms with E-state index < -0.39 is 5.82 Å². The number of halogens is 4. The second-order valence-electron chi connectivity index (χ2n) is 4.81. The van der Waals surface area contributed by atoms with Crippen molar-refractivity contribution in [3.63, 3.8) is 0 Å². The molecule has 0 bridgehead atoms. The van der Waals surface area contributed by atoms with Gasteiger partial charge in [0.2, 0.25) is 5.28 Å². The quantitative estimate of drug-likeness (QED) is 0.601. The van der Waals surface area contributed by atoms with Gasteiger partial charge in [-0.1, -0.05) is 11.6 Å². The van der Waals surface area contributed by atoms with Crippen LogP contribution in [-0.2, 0) is 0 Å². The summed E-state index contributed by atoms with van der Waals surface area (Å²) in [6.45, 7) is 0. The van der Waals surface area contributed by atoms with Crippen LogP contribution < -0.4 is 14.8 Å². The van der Waals surface area contributed by atoms with E-state index in [0.717, 1.165) is 0 Å². The van der Waals surface area contributed by atoms with Gasteiger partial charge >= 0.3 is 0 Å². The predicted octanol–water partition coefficient (Wildman–Crippen LogP) is 5.26. The Kier molecular flexibility index (Phi) is 6.11. The highest BCUT2D eigenvalue weighted by molar-refractivity contribution is 6.30. The summed E-state index contributed by atoms with van der Waals surface area (Å²) in [6, 6.07) is 7.66. The summed E-state index contributed by atoms with van der Waals surface area (Å²) in [5.74, 6) is 0.831. The maximum atomic E-state index is 14.0. The van der Waals surface area contributed by atoms with Crippen molar-refractivity contribution >= 4 is 58.0 Å². The number of fused-ring (bicyclic) bond motifs is 1. The molecule has 1 aromatic heterocycles. The van der Waals surface area contributed by atoms with Crippen LogP contribution in [0.3, 0.4) is 0 Å². The van der Waals surface area contributed by atoms with Gasteiger partial charge in [0.15, 0.2) is 11.5 Å². The number of hydrogen-bond donors (Lipinski definition) is 1. The number of ether oxygens (including phenoxy) is 2. The summed E-state index contributed by atoms with van der Waals surface area (Å²) < 4.78 is 24.6. The summed E-state index contributed by atoms with van der Waals surface area (Å²) in [7, 11) is 3.04. The molecule has 25 heavy (non-hydrogen) atoms. The highest BCUT2D eigenvalue weighted by Crippen LogP contribution is 2.35. The fourth-order valence-corrected chi connectivity index (χ4v) is 2.58. The molecule has 0 aliphatic rings. The molecule has 0 radical (unpaired) electrons. The lowest BCUT2D eigenvalue weighted by atomic mass is 10.2. The maximum Gasteiger partial charge on any atom is 0.224 e. The summed E-state index contributed by atoms with van der Waals surface area (Å²) in [5, 5.41) is 3.83. The normalized spacial score (nSPS) is 10.3. The van der Waals surface area contributed by atoms with Crippen molar-refractivity contribution in [3.05, 3.63) is 46.5 Å². The molecular formula is C16H13Cl3FN3O2. The van der Waals surface area contributed by atoms with Gasteiger partial charge in [-0.05, 0) is 35.9 Å². The average molecular weight is 405 g/mol. The monoisotopic (exact) mass is 403 g/mol. The van der Waals surface area contributed by atoms with Crippen LogP contribution in [0.2, 0.25) is 10.3 Å². The summed E-state index contributed by atoms with van der Waals surface area (Å²) >= 11 is 11.7. The van der Waals surface area contributed by atoms with E-state index in [0.29, 0.717) is 33.2 Å². The third kappa shape index (κ3) is 3.98. The minimum atomic E-state index is -0.508. The van der Waals surface area contributed by atoms with Crippen molar-refractivity contribution in [1.29, 1.82) is 0 Å². The first kappa shape index (κ1) is 19.3. The summed E-state index contributed by atoms with van der Waals surface area (Å²) in [6.07, 6.45) is 0. The molecule has 1 heterocycles. The van der Waals surface area contributed by atoms with Crippen molar-refractivity contribution < 1.29 is 13.9 Å². The summed E-state index contributed by atoms with van der Waals surface area (Å²) in [5.41, 5.74) is 0.745. The van der Waals surface area contributed by atoms with Gasteiger partial charge in [-0.3, -0.25) is 0 Å². The lowest BCUT2D eigenvalue weighted by Gasteiger charge is -2.13. The topological polar surface area (TPSA) is 56.3 Å². The van der Waals surface area contributed by atoms with Crippen molar-refractivity contribution in [2.24, 2.45) is 0 Å². The van der Waals surface area contributed by atoms with E-state index in [2.05, 4.69) is 15.3 Å². The molecule has 0 amide bonds. The third-order valence-electron chi connectivity index (χ3n) is 3.36. The highest BCUT2D eigenvalue weighted by atomic mass is 35.5. The van der Waals surface area contributed by atoms with Gasteiger partial charge in [0.25, 0.3) is 0 Å². The maximum absolute atomic E-state index is 14.0. The van der Waals surface area contributed by atoms with Crippen LogP contribution in [0.4, 0.5) is 15.9 Å². The van der Waals surface area contributed by atoms with Gasteiger partial charge in [-0.25, -0.2) is 9.37 Å². The number of nitrogens with zero attached hydrogens (tertiary/aromatic N) is 2. The molecule has 5 nitrogen and oxygen atoms in total. The van der Waals surface area contributed by atoms with E-state index in [4.69, 9.17) is 32.7 Å². The van der Waals surface area contributed by atoms with E-state index in [9.17, 15) is 4.39 Å². The Morgan fingerprint density at radius 2 is 1.68 bits per heavy atom. The van der Waals surface area contributed by atoms with Crippen molar-refractivity contribution in [3.8, 4) is 11.5 Å². The molecule has 3 rings (SSSR count). The smallest absolute Gasteiger partial charge is 0.224 e. The van der Waals surface area contributed by atoms with Crippen LogP contribution in [0.25, 0.3) is 10.9 Å². The molecule has 0 fully saturated rings. The van der Waals surface area contributed by atoms with Crippen molar-refractivity contribution in [1.82, 2.24) is 9.97 Å². The summed E-state index contributed by atoms with van der Waals surface area (Å²) in [4.78, 5) is 8.30. The Morgan fingerprint density at radius 3 is 2.32 bits per heavy atom. The van der Waals surface area contributed by atoms with Crippen molar-refractivity contribution in [2.45, 2.75) is 0 Å². The number of anilines is 2. The lowest BCUT2D eigenvalue weighted by Crippen LogP contribution is -2.00. The van der Waals surface area contributed by atoms with Gasteiger partial charge in [0.05, 0.1) is 25.4 Å². The fraction of sp³-hybridized carbons (Fsp3) is 0.125. The molecular weight excluding hydrogens is 392 g/mol. The Hall–Kier alpha value is -2.02. The number of rotatable bonds is 4. The van der Waals surface area contributed by atoms with Crippen LogP contribution in [0, 0.1) is 5.82 Å². The van der Waals surface area contributed by atoms with Crippen LogP contribution >= 0.6 is 35.6 Å². The molecule has 132 valence electrons. The highest BCUT2D eigenvalue weighted by Gasteiger charge is 2.14. The molecule has 0 spiro atoms. The van der Waals surface area contributed by atoms with Crippen LogP contribution in [0.1, 0.15) is 0 Å². The molecule has 0 saturated heterocycles. The number of aromatic nitrogens is 2. The lowest BCUT2D eigenvalue weighted by molar-refractivity contribution is 0.356. The Morgan fingerprint density at radius 1 is 1.00 bits per heavy atom. The first-order chi connectivity index (χ1) is 11.5. The molecule has 9 heteroatoms. The van der Waals surface area contributed by atoms with Gasteiger partial charge in [-0.2, -0.15) is 4.98 Å². The molecule has 0 atom stereocenters. The first-order valence-electron chi connectivity index (χ1n) is 6.83. The molecule has 0 saturated carbocycles. The van der Waals surface area contributed by atoms with Gasteiger partial charge in [0.1, 0.15) is 11.6 Å². The first-order valence-corrected chi connectivity index (χ1v) is 7.58. The SMILES string of the molecule is COc1cc2nc(Cl)nc(Nc3ccc(Cl)cc3F)c2cc1OC.Cl. The van der Waals surface area contributed by atoms with Gasteiger partial charge in [0, 0.05) is 16.5 Å². The van der Waals surface area contributed by atoms with E-state index in [1.165, 1.54) is 26.4 Å². The molecule has 3 aromatic rings. The molecule has 1 N–H and O–H groups in total. The molecule has 0 aliphatic carbocycles. The molecule has 2 aromatic carbocycles. The molecule has 0 aliphatic heterocycles. The molecule has 0 unspecified atom stereocenters. The zero-order chi connectivity index (χ0) is 17.3. The Labute approximate surface area is 159 Å². The Bertz CT molecular complexity index is 925. The van der Waals surface area contributed by atoms with Crippen LogP contribution in [0.15, 0.2) is 30.3 Å². The van der Waals surface area contributed by atoms with Crippen LogP contribution in [0.5, 0.6) is 11.5 Å². The minimum absolute atomic E-state index is 0. The largest absolute Gasteiger partial charge is 0.493 e. The number of hydrogen-bond acceptors (Lipinski definition) is 5. The van der Waals surface area contributed by atoms with Crippen molar-refractivity contribution in [2.75, 3.05) is 19.5 Å². The number of methoxy groups -OCH3 is 2. The minimum Gasteiger partial charge on any atom is -0.493 e. The van der Waals surface area contributed by atoms with E-state index in [1.54, 1.807) is 18.2 Å². The second-order valence-corrected chi connectivity index (χ2v) is 5.59. The predicted molar refractivity (Wildman–Crippen MR) is 99.6 cm³/mol.